The summed E-state index contributed by atoms with van der Waals surface area (Å²) in [7, 11) is 0. The van der Waals surface area contributed by atoms with Gasteiger partial charge in [0.1, 0.15) is 0 Å². The van der Waals surface area contributed by atoms with Crippen LogP contribution in [-0.4, -0.2) is 9.97 Å². The first-order chi connectivity index (χ1) is 7.25. The van der Waals surface area contributed by atoms with Gasteiger partial charge in [0.15, 0.2) is 0 Å². The molecule has 0 radical (unpaired) electrons. The Balaban J connectivity index is 1.99. The molecule has 2 rings (SSSR count). The summed E-state index contributed by atoms with van der Waals surface area (Å²) in [6.07, 6.45) is 1.72. The molecule has 0 spiro atoms. The maximum atomic E-state index is 4.23. The van der Waals surface area contributed by atoms with Gasteiger partial charge < -0.3 is 10.3 Å². The van der Waals surface area contributed by atoms with Crippen LogP contribution in [0.15, 0.2) is 30.6 Å². The van der Waals surface area contributed by atoms with E-state index >= 15 is 0 Å². The molecule has 0 aliphatic heterocycles. The molecule has 78 valence electrons. The molecule has 2 N–H and O–H groups in total. The van der Waals surface area contributed by atoms with Gasteiger partial charge in [-0.15, -0.1) is 0 Å². The largest absolute Gasteiger partial charge is 0.379 e. The van der Waals surface area contributed by atoms with Gasteiger partial charge in [0.2, 0.25) is 0 Å². The molecule has 0 atom stereocenters. The fourth-order valence-electron chi connectivity index (χ4n) is 1.42. The Hall–Kier alpha value is -1.77. The first-order valence-electron chi connectivity index (χ1n) is 5.05. The van der Waals surface area contributed by atoms with Gasteiger partial charge in [-0.25, -0.2) is 4.98 Å². The molecular weight excluding hydrogens is 186 g/mol. The highest BCUT2D eigenvalue weighted by Gasteiger charge is 1.99. The van der Waals surface area contributed by atoms with Gasteiger partial charge in [-0.3, -0.25) is 0 Å². The Kier molecular flexibility index (Phi) is 2.72. The van der Waals surface area contributed by atoms with Crippen LogP contribution in [-0.2, 0) is 6.54 Å². The third-order valence-corrected chi connectivity index (χ3v) is 2.45. The summed E-state index contributed by atoms with van der Waals surface area (Å²) in [5, 5.41) is 3.33. The monoisotopic (exact) mass is 201 g/mol. The molecule has 0 bridgehead atoms. The maximum Gasteiger partial charge on any atom is 0.0925 e. The van der Waals surface area contributed by atoms with Crippen molar-refractivity contribution in [3.8, 4) is 0 Å². The lowest BCUT2D eigenvalue weighted by atomic mass is 10.2. The summed E-state index contributed by atoms with van der Waals surface area (Å²) < 4.78 is 0. The van der Waals surface area contributed by atoms with Crippen molar-refractivity contribution >= 4 is 5.69 Å². The average Bonchev–Trinajstić information content (AvgIpc) is 2.63. The number of aromatic amines is 1. The summed E-state index contributed by atoms with van der Waals surface area (Å²) >= 11 is 0. The van der Waals surface area contributed by atoms with Crippen LogP contribution in [0.2, 0.25) is 0 Å². The van der Waals surface area contributed by atoms with E-state index in [1.54, 1.807) is 6.33 Å². The summed E-state index contributed by atoms with van der Waals surface area (Å²) in [5.74, 6) is 0. The molecule has 0 saturated carbocycles. The molecule has 0 amide bonds. The van der Waals surface area contributed by atoms with Crippen LogP contribution < -0.4 is 5.32 Å². The fourth-order valence-corrected chi connectivity index (χ4v) is 1.42. The molecule has 0 aliphatic carbocycles. The van der Waals surface area contributed by atoms with E-state index in [-0.39, 0.29) is 0 Å². The lowest BCUT2D eigenvalue weighted by Crippen LogP contribution is -2.01. The molecule has 3 heteroatoms. The second-order valence-electron chi connectivity index (χ2n) is 3.69. The zero-order valence-corrected chi connectivity index (χ0v) is 9.04. The van der Waals surface area contributed by atoms with Gasteiger partial charge in [-0.2, -0.15) is 0 Å². The molecule has 3 nitrogen and oxygen atoms in total. The average molecular weight is 201 g/mol. The van der Waals surface area contributed by atoms with Crippen LogP contribution in [0.25, 0.3) is 0 Å². The zero-order chi connectivity index (χ0) is 10.7. The molecule has 0 unspecified atom stereocenters. The molecule has 1 heterocycles. The fraction of sp³-hybridized carbons (Fsp3) is 0.250. The highest BCUT2D eigenvalue weighted by molar-refractivity contribution is 5.44. The van der Waals surface area contributed by atoms with Gasteiger partial charge in [0, 0.05) is 11.4 Å². The van der Waals surface area contributed by atoms with Crippen molar-refractivity contribution in [1.82, 2.24) is 9.97 Å². The van der Waals surface area contributed by atoms with E-state index in [1.807, 2.05) is 6.92 Å². The Labute approximate surface area is 89.6 Å². The number of nitrogens with one attached hydrogen (secondary N) is 2. The summed E-state index contributed by atoms with van der Waals surface area (Å²) in [5.41, 5.74) is 4.59. The van der Waals surface area contributed by atoms with Crippen LogP contribution in [0.1, 0.15) is 17.0 Å². The standard InChI is InChI=1S/C12H15N3/c1-9-3-5-11(6-4-9)13-7-12-10(2)14-8-15-12/h3-6,8,13H,7H2,1-2H3,(H,14,15). The lowest BCUT2D eigenvalue weighted by molar-refractivity contribution is 1.05. The van der Waals surface area contributed by atoms with E-state index in [9.17, 15) is 0 Å². The van der Waals surface area contributed by atoms with Gasteiger partial charge in [0.25, 0.3) is 0 Å². The second-order valence-corrected chi connectivity index (χ2v) is 3.69. The van der Waals surface area contributed by atoms with Crippen LogP contribution in [0.4, 0.5) is 5.69 Å². The number of aryl methyl sites for hydroxylation is 2. The number of benzene rings is 1. The highest BCUT2D eigenvalue weighted by atomic mass is 14.9. The van der Waals surface area contributed by atoms with E-state index in [1.165, 1.54) is 5.56 Å². The van der Waals surface area contributed by atoms with Gasteiger partial charge in [-0.05, 0) is 26.0 Å². The van der Waals surface area contributed by atoms with Crippen molar-refractivity contribution in [3.05, 3.63) is 47.5 Å². The molecule has 0 fully saturated rings. The van der Waals surface area contributed by atoms with Crippen molar-refractivity contribution < 1.29 is 0 Å². The number of hydrogen-bond donors (Lipinski definition) is 2. The van der Waals surface area contributed by atoms with Gasteiger partial charge in [0.05, 0.1) is 18.6 Å². The topological polar surface area (TPSA) is 40.7 Å². The van der Waals surface area contributed by atoms with Crippen molar-refractivity contribution in [3.63, 3.8) is 0 Å². The summed E-state index contributed by atoms with van der Waals surface area (Å²) in [6, 6.07) is 8.36. The lowest BCUT2D eigenvalue weighted by Gasteiger charge is -2.05. The van der Waals surface area contributed by atoms with Crippen LogP contribution in [0, 0.1) is 13.8 Å². The zero-order valence-electron chi connectivity index (χ0n) is 9.04. The molecule has 1 aromatic heterocycles. The Bertz CT molecular complexity index is 428. The quantitative estimate of drug-likeness (QED) is 0.801. The number of aromatic nitrogens is 2. The number of rotatable bonds is 3. The molecule has 1 aromatic carbocycles. The molecule has 0 saturated heterocycles. The molecular formula is C12H15N3. The Morgan fingerprint density at radius 2 is 1.93 bits per heavy atom. The van der Waals surface area contributed by atoms with Gasteiger partial charge >= 0.3 is 0 Å². The second kappa shape index (κ2) is 4.17. The highest BCUT2D eigenvalue weighted by Crippen LogP contribution is 2.10. The number of nitrogens with zero attached hydrogens (tertiary/aromatic N) is 1. The van der Waals surface area contributed by atoms with Crippen molar-refractivity contribution in [2.24, 2.45) is 0 Å². The number of imidazole rings is 1. The first-order valence-corrected chi connectivity index (χ1v) is 5.05. The van der Waals surface area contributed by atoms with Crippen molar-refractivity contribution in [1.29, 1.82) is 0 Å². The van der Waals surface area contributed by atoms with Crippen molar-refractivity contribution in [2.45, 2.75) is 20.4 Å². The number of H-pyrrole nitrogens is 1. The molecule has 15 heavy (non-hydrogen) atoms. The Morgan fingerprint density at radius 1 is 1.20 bits per heavy atom. The number of anilines is 1. The van der Waals surface area contributed by atoms with Crippen molar-refractivity contribution in [2.75, 3.05) is 5.32 Å². The summed E-state index contributed by atoms with van der Waals surface area (Å²) in [6.45, 7) is 4.87. The first kappa shape index (κ1) is 9.77. The van der Waals surface area contributed by atoms with Crippen LogP contribution >= 0.6 is 0 Å². The van der Waals surface area contributed by atoms with E-state index in [2.05, 4.69) is 46.5 Å². The van der Waals surface area contributed by atoms with E-state index in [4.69, 9.17) is 0 Å². The summed E-state index contributed by atoms with van der Waals surface area (Å²) in [4.78, 5) is 7.29. The normalized spacial score (nSPS) is 10.3. The van der Waals surface area contributed by atoms with Crippen LogP contribution in [0.3, 0.4) is 0 Å². The molecule has 2 aromatic rings. The van der Waals surface area contributed by atoms with E-state index in [0.29, 0.717) is 0 Å². The minimum absolute atomic E-state index is 0.762. The van der Waals surface area contributed by atoms with Crippen LogP contribution in [0.5, 0.6) is 0 Å². The number of hydrogen-bond acceptors (Lipinski definition) is 2. The van der Waals surface area contributed by atoms with E-state index < -0.39 is 0 Å². The predicted molar refractivity (Wildman–Crippen MR) is 61.8 cm³/mol. The Morgan fingerprint density at radius 3 is 2.53 bits per heavy atom. The minimum Gasteiger partial charge on any atom is -0.379 e. The smallest absolute Gasteiger partial charge is 0.0925 e. The third-order valence-electron chi connectivity index (χ3n) is 2.45. The SMILES string of the molecule is Cc1ccc(NCc2nc[nH]c2C)cc1. The van der Waals surface area contributed by atoms with E-state index in [0.717, 1.165) is 23.6 Å². The maximum absolute atomic E-state index is 4.23. The minimum atomic E-state index is 0.762. The van der Waals surface area contributed by atoms with Gasteiger partial charge in [-0.1, -0.05) is 17.7 Å². The third kappa shape index (κ3) is 2.37. The predicted octanol–water partition coefficient (Wildman–Crippen LogP) is 2.64. The molecule has 0 aliphatic rings.